The molecular weight excluding hydrogens is 203 g/mol. The van der Waals surface area contributed by atoms with Gasteiger partial charge in [0.05, 0.1) is 0 Å². The molecule has 1 saturated carbocycles. The van der Waals surface area contributed by atoms with E-state index in [1.165, 1.54) is 19.3 Å². The minimum atomic E-state index is -4.00. The van der Waals surface area contributed by atoms with Gasteiger partial charge in [-0.05, 0) is 37.8 Å². The van der Waals surface area contributed by atoms with Crippen LogP contribution in [-0.4, -0.2) is 19.3 Å². The second-order valence-corrected chi connectivity index (χ2v) is 4.59. The van der Waals surface area contributed by atoms with Crippen LogP contribution in [0.25, 0.3) is 0 Å². The van der Waals surface area contributed by atoms with Crippen molar-refractivity contribution >= 4 is 0 Å². The fourth-order valence-electron chi connectivity index (χ4n) is 2.23. The average molecular weight is 223 g/mol. The van der Waals surface area contributed by atoms with E-state index in [0.717, 1.165) is 12.5 Å². The highest BCUT2D eigenvalue weighted by molar-refractivity contribution is 4.75. The van der Waals surface area contributed by atoms with Crippen LogP contribution in [0, 0.1) is 11.8 Å². The average Bonchev–Trinajstić information content (AvgIpc) is 2.49. The van der Waals surface area contributed by atoms with Gasteiger partial charge >= 0.3 is 6.18 Å². The topological polar surface area (TPSA) is 12.0 Å². The summed E-state index contributed by atoms with van der Waals surface area (Å²) in [6, 6.07) is 0. The summed E-state index contributed by atoms with van der Waals surface area (Å²) >= 11 is 0. The van der Waals surface area contributed by atoms with Crippen LogP contribution in [0.2, 0.25) is 0 Å². The molecule has 0 heterocycles. The molecule has 2 atom stereocenters. The molecule has 0 bridgehead atoms. The number of halogens is 3. The van der Waals surface area contributed by atoms with Crippen LogP contribution in [0.15, 0.2) is 0 Å². The predicted octanol–water partition coefficient (Wildman–Crippen LogP) is 3.35. The van der Waals surface area contributed by atoms with Crippen molar-refractivity contribution in [1.82, 2.24) is 5.32 Å². The summed E-state index contributed by atoms with van der Waals surface area (Å²) < 4.78 is 35.5. The second kappa shape index (κ2) is 5.73. The normalized spacial score (nSPS) is 27.2. The molecule has 1 aliphatic rings. The zero-order valence-electron chi connectivity index (χ0n) is 9.24. The molecule has 0 aromatic heterocycles. The first-order chi connectivity index (χ1) is 6.99. The van der Waals surface area contributed by atoms with Crippen LogP contribution >= 0.6 is 0 Å². The van der Waals surface area contributed by atoms with Gasteiger partial charge in [-0.15, -0.1) is 0 Å². The molecule has 1 fully saturated rings. The number of hydrogen-bond donors (Lipinski definition) is 1. The highest BCUT2D eigenvalue weighted by Gasteiger charge is 2.26. The molecule has 1 N–H and O–H groups in total. The van der Waals surface area contributed by atoms with E-state index in [1.54, 1.807) is 0 Å². The zero-order valence-corrected chi connectivity index (χ0v) is 9.24. The molecule has 15 heavy (non-hydrogen) atoms. The molecule has 1 aliphatic carbocycles. The second-order valence-electron chi connectivity index (χ2n) is 4.59. The summed E-state index contributed by atoms with van der Waals surface area (Å²) in [4.78, 5) is 0. The van der Waals surface area contributed by atoms with Gasteiger partial charge in [0.2, 0.25) is 0 Å². The van der Waals surface area contributed by atoms with Gasteiger partial charge in [0.15, 0.2) is 0 Å². The minimum Gasteiger partial charge on any atom is -0.316 e. The third-order valence-corrected chi connectivity index (χ3v) is 3.26. The Balaban J connectivity index is 1.97. The first kappa shape index (κ1) is 12.8. The molecule has 0 amide bonds. The predicted molar refractivity (Wildman–Crippen MR) is 54.7 cm³/mol. The highest BCUT2D eigenvalue weighted by Crippen LogP contribution is 2.30. The molecular formula is C11H20F3N. The van der Waals surface area contributed by atoms with Gasteiger partial charge in [0, 0.05) is 6.42 Å². The summed E-state index contributed by atoms with van der Waals surface area (Å²) in [6.45, 7) is 3.61. The van der Waals surface area contributed by atoms with Gasteiger partial charge < -0.3 is 5.32 Å². The molecule has 0 aromatic rings. The molecule has 1 rings (SSSR count). The molecule has 90 valence electrons. The fraction of sp³-hybridized carbons (Fsp3) is 1.00. The monoisotopic (exact) mass is 223 g/mol. The van der Waals surface area contributed by atoms with E-state index in [1.807, 2.05) is 0 Å². The van der Waals surface area contributed by atoms with Crippen molar-refractivity contribution in [1.29, 1.82) is 0 Å². The quantitative estimate of drug-likeness (QED) is 0.705. The first-order valence-corrected chi connectivity index (χ1v) is 5.76. The summed E-state index contributed by atoms with van der Waals surface area (Å²) in [7, 11) is 0. The van der Waals surface area contributed by atoms with E-state index in [2.05, 4.69) is 12.2 Å². The molecule has 0 radical (unpaired) electrons. The van der Waals surface area contributed by atoms with Crippen LogP contribution in [0.4, 0.5) is 13.2 Å². The molecule has 0 aromatic carbocycles. The lowest BCUT2D eigenvalue weighted by Crippen LogP contribution is -2.26. The van der Waals surface area contributed by atoms with Gasteiger partial charge in [0.1, 0.15) is 0 Å². The lowest BCUT2D eigenvalue weighted by atomic mass is 9.98. The smallest absolute Gasteiger partial charge is 0.316 e. The molecule has 0 saturated heterocycles. The van der Waals surface area contributed by atoms with Crippen LogP contribution in [-0.2, 0) is 0 Å². The van der Waals surface area contributed by atoms with Gasteiger partial charge in [-0.1, -0.05) is 19.8 Å². The van der Waals surface area contributed by atoms with Crippen molar-refractivity contribution in [3.8, 4) is 0 Å². The molecule has 0 spiro atoms. The van der Waals surface area contributed by atoms with Crippen molar-refractivity contribution in [2.24, 2.45) is 11.8 Å². The maximum absolute atomic E-state index is 11.8. The molecule has 2 unspecified atom stereocenters. The summed E-state index contributed by atoms with van der Waals surface area (Å²) in [5.74, 6) is 1.41. The van der Waals surface area contributed by atoms with Crippen molar-refractivity contribution in [2.45, 2.75) is 45.2 Å². The van der Waals surface area contributed by atoms with E-state index in [4.69, 9.17) is 0 Å². The SMILES string of the molecule is CC1CCCC1CNCCCC(F)(F)F. The Morgan fingerprint density at radius 1 is 1.27 bits per heavy atom. The van der Waals surface area contributed by atoms with Crippen LogP contribution in [0.3, 0.4) is 0 Å². The van der Waals surface area contributed by atoms with E-state index in [0.29, 0.717) is 12.5 Å². The number of rotatable bonds is 5. The van der Waals surface area contributed by atoms with Crippen molar-refractivity contribution in [2.75, 3.05) is 13.1 Å². The Bertz CT molecular complexity index is 179. The van der Waals surface area contributed by atoms with E-state index in [-0.39, 0.29) is 6.42 Å². The van der Waals surface area contributed by atoms with Crippen LogP contribution < -0.4 is 5.32 Å². The summed E-state index contributed by atoms with van der Waals surface area (Å²) in [5, 5.41) is 3.13. The van der Waals surface area contributed by atoms with E-state index in [9.17, 15) is 13.2 Å². The van der Waals surface area contributed by atoms with Crippen LogP contribution in [0.1, 0.15) is 39.0 Å². The maximum Gasteiger partial charge on any atom is 0.389 e. The lowest BCUT2D eigenvalue weighted by Gasteiger charge is -2.16. The molecule has 4 heteroatoms. The van der Waals surface area contributed by atoms with E-state index >= 15 is 0 Å². The largest absolute Gasteiger partial charge is 0.389 e. The van der Waals surface area contributed by atoms with Gasteiger partial charge in [-0.2, -0.15) is 13.2 Å². The van der Waals surface area contributed by atoms with Gasteiger partial charge in [-0.25, -0.2) is 0 Å². The van der Waals surface area contributed by atoms with Gasteiger partial charge in [-0.3, -0.25) is 0 Å². The van der Waals surface area contributed by atoms with Crippen molar-refractivity contribution in [3.63, 3.8) is 0 Å². The van der Waals surface area contributed by atoms with Gasteiger partial charge in [0.25, 0.3) is 0 Å². The Kier molecular flexibility index (Phi) is 4.90. The third kappa shape index (κ3) is 5.40. The number of alkyl halides is 3. The maximum atomic E-state index is 11.8. The van der Waals surface area contributed by atoms with Crippen molar-refractivity contribution in [3.05, 3.63) is 0 Å². The van der Waals surface area contributed by atoms with Crippen molar-refractivity contribution < 1.29 is 13.2 Å². The Morgan fingerprint density at radius 2 is 2.00 bits per heavy atom. The minimum absolute atomic E-state index is 0.199. The zero-order chi connectivity index (χ0) is 11.3. The summed E-state index contributed by atoms with van der Waals surface area (Å²) in [6.07, 6.45) is -0.689. The Morgan fingerprint density at radius 3 is 2.53 bits per heavy atom. The fourth-order valence-corrected chi connectivity index (χ4v) is 2.23. The van der Waals surface area contributed by atoms with Crippen LogP contribution in [0.5, 0.6) is 0 Å². The standard InChI is InChI=1S/C11H20F3N/c1-9-4-2-5-10(9)8-15-7-3-6-11(12,13)14/h9-10,15H,2-8H2,1H3. The first-order valence-electron chi connectivity index (χ1n) is 5.76. The molecule has 0 aliphatic heterocycles. The molecule has 1 nitrogen and oxygen atoms in total. The third-order valence-electron chi connectivity index (χ3n) is 3.26. The highest BCUT2D eigenvalue weighted by atomic mass is 19.4. The Labute approximate surface area is 89.4 Å². The Hall–Kier alpha value is -0.250. The van der Waals surface area contributed by atoms with E-state index < -0.39 is 12.6 Å². The lowest BCUT2D eigenvalue weighted by molar-refractivity contribution is -0.135. The summed E-state index contributed by atoms with van der Waals surface area (Å²) in [5.41, 5.74) is 0. The number of nitrogens with one attached hydrogen (secondary N) is 1. The number of hydrogen-bond acceptors (Lipinski definition) is 1.